The van der Waals surface area contributed by atoms with Crippen LogP contribution in [0.5, 0.6) is 0 Å². The van der Waals surface area contributed by atoms with Crippen LogP contribution in [-0.2, 0) is 13.0 Å². The number of para-hydroxylation sites is 2. The maximum atomic E-state index is 12.0. The van der Waals surface area contributed by atoms with E-state index in [2.05, 4.69) is 36.2 Å². The third-order valence-electron chi connectivity index (χ3n) is 3.78. The number of rotatable bonds is 6. The lowest BCUT2D eigenvalue weighted by molar-refractivity contribution is 0.679. The molecule has 0 bridgehead atoms. The van der Waals surface area contributed by atoms with E-state index >= 15 is 0 Å². The molecule has 0 aliphatic carbocycles. The predicted octanol–water partition coefficient (Wildman–Crippen LogP) is 4.07. The summed E-state index contributed by atoms with van der Waals surface area (Å²) in [5.41, 5.74) is 3.26. The van der Waals surface area contributed by atoms with Gasteiger partial charge in [-0.3, -0.25) is 4.57 Å². The molecule has 3 nitrogen and oxygen atoms in total. The standard InChI is InChI=1S/C18H20N2OS/c1-2-14-7-5-8-15(13-14)22-12-6-11-20-17-10-4-3-9-16(17)19-18(20)21/h3-5,7-10,13H,2,6,11-12H2,1H3,(H,19,21). The second-order valence-corrected chi connectivity index (χ2v) is 6.47. The highest BCUT2D eigenvalue weighted by atomic mass is 32.2. The number of H-pyrrole nitrogens is 1. The minimum Gasteiger partial charge on any atom is -0.306 e. The lowest BCUT2D eigenvalue weighted by atomic mass is 10.2. The molecule has 0 unspecified atom stereocenters. The highest BCUT2D eigenvalue weighted by Crippen LogP contribution is 2.20. The molecule has 22 heavy (non-hydrogen) atoms. The first-order valence-corrected chi connectivity index (χ1v) is 8.66. The van der Waals surface area contributed by atoms with E-state index in [1.165, 1.54) is 10.5 Å². The molecule has 1 heterocycles. The molecule has 0 saturated carbocycles. The zero-order valence-corrected chi connectivity index (χ0v) is 13.5. The summed E-state index contributed by atoms with van der Waals surface area (Å²) in [4.78, 5) is 16.2. The molecule has 1 aromatic heterocycles. The number of aromatic amines is 1. The molecule has 2 aromatic carbocycles. The van der Waals surface area contributed by atoms with Crippen LogP contribution in [0.4, 0.5) is 0 Å². The van der Waals surface area contributed by atoms with Gasteiger partial charge in [0.1, 0.15) is 0 Å². The van der Waals surface area contributed by atoms with E-state index in [9.17, 15) is 4.79 Å². The molecular weight excluding hydrogens is 292 g/mol. The quantitative estimate of drug-likeness (QED) is 0.550. The summed E-state index contributed by atoms with van der Waals surface area (Å²) in [5, 5.41) is 0. The third-order valence-corrected chi connectivity index (χ3v) is 4.86. The van der Waals surface area contributed by atoms with Gasteiger partial charge in [-0.1, -0.05) is 31.2 Å². The van der Waals surface area contributed by atoms with Gasteiger partial charge in [-0.2, -0.15) is 0 Å². The van der Waals surface area contributed by atoms with Gasteiger partial charge >= 0.3 is 5.69 Å². The van der Waals surface area contributed by atoms with Crippen molar-refractivity contribution in [3.8, 4) is 0 Å². The average Bonchev–Trinajstić information content (AvgIpc) is 2.87. The Morgan fingerprint density at radius 1 is 1.14 bits per heavy atom. The molecule has 0 aliphatic rings. The van der Waals surface area contributed by atoms with Crippen LogP contribution < -0.4 is 5.69 Å². The van der Waals surface area contributed by atoms with Crippen LogP contribution in [-0.4, -0.2) is 15.3 Å². The summed E-state index contributed by atoms with van der Waals surface area (Å²) in [7, 11) is 0. The van der Waals surface area contributed by atoms with Crippen molar-refractivity contribution in [2.24, 2.45) is 0 Å². The molecule has 1 N–H and O–H groups in total. The fourth-order valence-electron chi connectivity index (χ4n) is 2.60. The maximum Gasteiger partial charge on any atom is 0.326 e. The number of aromatic nitrogens is 2. The van der Waals surface area contributed by atoms with Gasteiger partial charge in [0.05, 0.1) is 11.0 Å². The second-order valence-electron chi connectivity index (χ2n) is 5.30. The van der Waals surface area contributed by atoms with Gasteiger partial charge in [-0.05, 0) is 48.4 Å². The van der Waals surface area contributed by atoms with Gasteiger partial charge in [0, 0.05) is 11.4 Å². The van der Waals surface area contributed by atoms with Gasteiger partial charge in [-0.25, -0.2) is 4.79 Å². The van der Waals surface area contributed by atoms with Gasteiger partial charge in [-0.15, -0.1) is 11.8 Å². The van der Waals surface area contributed by atoms with Crippen molar-refractivity contribution in [2.75, 3.05) is 5.75 Å². The van der Waals surface area contributed by atoms with Gasteiger partial charge in [0.25, 0.3) is 0 Å². The predicted molar refractivity (Wildman–Crippen MR) is 93.7 cm³/mol. The van der Waals surface area contributed by atoms with E-state index in [1.54, 1.807) is 0 Å². The molecule has 3 aromatic rings. The van der Waals surface area contributed by atoms with Gasteiger partial charge < -0.3 is 4.98 Å². The smallest absolute Gasteiger partial charge is 0.306 e. The number of thioether (sulfide) groups is 1. The third kappa shape index (κ3) is 3.28. The summed E-state index contributed by atoms with van der Waals surface area (Å²) in [6.45, 7) is 2.93. The van der Waals surface area contributed by atoms with E-state index in [1.807, 2.05) is 40.6 Å². The highest BCUT2D eigenvalue weighted by Gasteiger charge is 2.05. The Bertz CT molecular complexity index is 819. The Balaban J connectivity index is 1.60. The van der Waals surface area contributed by atoms with Crippen LogP contribution >= 0.6 is 11.8 Å². The number of imidazole rings is 1. The Hall–Kier alpha value is -1.94. The molecular formula is C18H20N2OS. The first-order valence-electron chi connectivity index (χ1n) is 7.67. The lowest BCUT2D eigenvalue weighted by Gasteiger charge is -2.05. The van der Waals surface area contributed by atoms with E-state index in [0.717, 1.165) is 36.2 Å². The fraction of sp³-hybridized carbons (Fsp3) is 0.278. The first-order chi connectivity index (χ1) is 10.8. The molecule has 0 amide bonds. The van der Waals surface area contributed by atoms with Crippen molar-refractivity contribution in [3.63, 3.8) is 0 Å². The van der Waals surface area contributed by atoms with Crippen LogP contribution in [0, 0.1) is 0 Å². The molecule has 0 fully saturated rings. The highest BCUT2D eigenvalue weighted by molar-refractivity contribution is 7.99. The fourth-order valence-corrected chi connectivity index (χ4v) is 3.52. The first kappa shape index (κ1) is 15.0. The SMILES string of the molecule is CCc1cccc(SCCCn2c(=O)[nH]c3ccccc32)c1. The van der Waals surface area contributed by atoms with Crippen molar-refractivity contribution in [3.05, 3.63) is 64.6 Å². The molecule has 0 aliphatic heterocycles. The maximum absolute atomic E-state index is 12.0. The topological polar surface area (TPSA) is 37.8 Å². The van der Waals surface area contributed by atoms with Crippen LogP contribution in [0.15, 0.2) is 58.2 Å². The van der Waals surface area contributed by atoms with Crippen molar-refractivity contribution in [1.29, 1.82) is 0 Å². The van der Waals surface area contributed by atoms with Crippen molar-refractivity contribution in [1.82, 2.24) is 9.55 Å². The van der Waals surface area contributed by atoms with Crippen LogP contribution in [0.25, 0.3) is 11.0 Å². The zero-order valence-electron chi connectivity index (χ0n) is 12.7. The summed E-state index contributed by atoms with van der Waals surface area (Å²) in [6.07, 6.45) is 2.04. The van der Waals surface area contributed by atoms with Gasteiger partial charge in [0.2, 0.25) is 0 Å². The summed E-state index contributed by atoms with van der Waals surface area (Å²) in [6, 6.07) is 16.5. The normalized spacial score (nSPS) is 11.1. The van der Waals surface area contributed by atoms with Gasteiger partial charge in [0.15, 0.2) is 0 Å². The number of hydrogen-bond acceptors (Lipinski definition) is 2. The number of benzene rings is 2. The van der Waals surface area contributed by atoms with Crippen molar-refractivity contribution in [2.45, 2.75) is 31.2 Å². The number of aryl methyl sites for hydroxylation is 2. The summed E-state index contributed by atoms with van der Waals surface area (Å²) < 4.78 is 1.83. The van der Waals surface area contributed by atoms with E-state index in [0.29, 0.717) is 0 Å². The number of hydrogen-bond donors (Lipinski definition) is 1. The Morgan fingerprint density at radius 2 is 2.00 bits per heavy atom. The second kappa shape index (κ2) is 6.88. The van der Waals surface area contributed by atoms with Crippen molar-refractivity contribution < 1.29 is 0 Å². The van der Waals surface area contributed by atoms with Crippen LogP contribution in [0.3, 0.4) is 0 Å². The minimum absolute atomic E-state index is 0.0146. The van der Waals surface area contributed by atoms with E-state index in [-0.39, 0.29) is 5.69 Å². The monoisotopic (exact) mass is 312 g/mol. The van der Waals surface area contributed by atoms with Crippen molar-refractivity contribution >= 4 is 22.8 Å². The molecule has 4 heteroatoms. The lowest BCUT2D eigenvalue weighted by Crippen LogP contribution is -2.17. The molecule has 114 valence electrons. The minimum atomic E-state index is -0.0146. The Labute approximate surface area is 134 Å². The average molecular weight is 312 g/mol. The number of fused-ring (bicyclic) bond motifs is 1. The number of nitrogens with one attached hydrogen (secondary N) is 1. The molecule has 0 saturated heterocycles. The molecule has 0 spiro atoms. The molecule has 0 radical (unpaired) electrons. The zero-order chi connectivity index (χ0) is 15.4. The summed E-state index contributed by atoms with van der Waals surface area (Å²) in [5.74, 6) is 1.01. The Morgan fingerprint density at radius 3 is 2.86 bits per heavy atom. The van der Waals surface area contributed by atoms with E-state index < -0.39 is 0 Å². The number of nitrogens with zero attached hydrogens (tertiary/aromatic N) is 1. The summed E-state index contributed by atoms with van der Waals surface area (Å²) >= 11 is 1.86. The Kier molecular flexibility index (Phi) is 4.68. The molecule has 3 rings (SSSR count). The molecule has 0 atom stereocenters. The van der Waals surface area contributed by atoms with Crippen LogP contribution in [0.2, 0.25) is 0 Å². The van der Waals surface area contributed by atoms with Crippen LogP contribution in [0.1, 0.15) is 18.9 Å². The largest absolute Gasteiger partial charge is 0.326 e. The van der Waals surface area contributed by atoms with E-state index in [4.69, 9.17) is 0 Å².